The van der Waals surface area contributed by atoms with E-state index < -0.39 is 0 Å². The van der Waals surface area contributed by atoms with E-state index in [-0.39, 0.29) is 18.5 Å². The highest BCUT2D eigenvalue weighted by Crippen LogP contribution is 2.39. The van der Waals surface area contributed by atoms with Crippen molar-refractivity contribution >= 4 is 29.3 Å². The van der Waals surface area contributed by atoms with Crippen LogP contribution in [0.25, 0.3) is 11.1 Å². The lowest BCUT2D eigenvalue weighted by atomic mass is 9.92. The lowest BCUT2D eigenvalue weighted by Crippen LogP contribution is -2.28. The van der Waals surface area contributed by atoms with Crippen LogP contribution in [0.15, 0.2) is 47.5 Å². The average molecular weight is 507 g/mol. The normalized spacial score (nSPS) is 14.3. The number of amides is 1. The number of pyridine rings is 1. The molecule has 0 fully saturated rings. The maximum Gasteiger partial charge on any atom is 0.231 e. The summed E-state index contributed by atoms with van der Waals surface area (Å²) < 4.78 is 10.7. The fourth-order valence-electron chi connectivity index (χ4n) is 4.28. The number of carbonyl (C=O) groups is 1. The third-order valence-electron chi connectivity index (χ3n) is 6.03. The van der Waals surface area contributed by atoms with Gasteiger partial charge in [0.2, 0.25) is 12.7 Å². The van der Waals surface area contributed by atoms with Gasteiger partial charge in [-0.15, -0.1) is 0 Å². The van der Waals surface area contributed by atoms with Gasteiger partial charge in [-0.2, -0.15) is 5.26 Å². The van der Waals surface area contributed by atoms with Crippen LogP contribution < -0.4 is 14.8 Å². The molecule has 3 aromatic rings. The Kier molecular flexibility index (Phi) is 6.82. The molecule has 3 heterocycles. The van der Waals surface area contributed by atoms with Gasteiger partial charge in [0, 0.05) is 47.9 Å². The SMILES string of the molecule is CN1CCc2nc(SCC(=O)NCc3ccc4c(c3)OCO4)c(C#N)c(-c3ccccc3Cl)c2C1. The quantitative estimate of drug-likeness (QED) is 0.496. The fraction of sp³-hybridized carbons (Fsp3) is 0.269. The van der Waals surface area contributed by atoms with Crippen LogP contribution >= 0.6 is 23.4 Å². The highest BCUT2D eigenvalue weighted by Gasteiger charge is 2.26. The number of aromatic nitrogens is 1. The Morgan fingerprint density at radius 3 is 2.91 bits per heavy atom. The first-order chi connectivity index (χ1) is 17.0. The molecule has 9 heteroatoms. The Balaban J connectivity index is 1.37. The number of nitriles is 1. The topological polar surface area (TPSA) is 87.5 Å². The molecule has 0 unspecified atom stereocenters. The van der Waals surface area contributed by atoms with Crippen molar-refractivity contribution in [3.05, 3.63) is 69.9 Å². The molecule has 0 saturated heterocycles. The Labute approximate surface area is 213 Å². The molecule has 0 aliphatic carbocycles. The summed E-state index contributed by atoms with van der Waals surface area (Å²) in [5.74, 6) is 1.39. The van der Waals surface area contributed by atoms with Crippen LogP contribution in [0.1, 0.15) is 22.4 Å². The zero-order valence-electron chi connectivity index (χ0n) is 19.1. The number of hydrogen-bond acceptors (Lipinski definition) is 7. The van der Waals surface area contributed by atoms with E-state index >= 15 is 0 Å². The van der Waals surface area contributed by atoms with E-state index in [9.17, 15) is 10.1 Å². The van der Waals surface area contributed by atoms with Crippen LogP contribution in [0.2, 0.25) is 5.02 Å². The second-order valence-electron chi connectivity index (χ2n) is 8.42. The van der Waals surface area contributed by atoms with E-state index in [1.807, 2.05) is 42.5 Å². The second kappa shape index (κ2) is 10.2. The molecule has 178 valence electrons. The van der Waals surface area contributed by atoms with Crippen molar-refractivity contribution in [3.63, 3.8) is 0 Å². The lowest BCUT2D eigenvalue weighted by molar-refractivity contribution is -0.118. The number of carbonyl (C=O) groups excluding carboxylic acids is 1. The minimum Gasteiger partial charge on any atom is -0.454 e. The van der Waals surface area contributed by atoms with Crippen LogP contribution in [0.3, 0.4) is 0 Å². The molecule has 2 aromatic carbocycles. The van der Waals surface area contributed by atoms with Gasteiger partial charge in [0.1, 0.15) is 11.1 Å². The van der Waals surface area contributed by atoms with Crippen molar-refractivity contribution in [2.45, 2.75) is 24.5 Å². The Morgan fingerprint density at radius 2 is 2.09 bits per heavy atom. The first-order valence-electron chi connectivity index (χ1n) is 11.2. The standard InChI is InChI=1S/C26H23ClN4O3S/c1-31-9-8-21-19(13-31)25(17-4-2-3-5-20(17)27)18(11-28)26(30-21)35-14-24(32)29-12-16-6-7-22-23(10-16)34-15-33-22/h2-7,10H,8-9,12-15H2,1H3,(H,29,32). The Bertz CT molecular complexity index is 1340. The zero-order chi connectivity index (χ0) is 24.4. The molecule has 0 bridgehead atoms. The maximum atomic E-state index is 12.6. The van der Waals surface area contributed by atoms with Gasteiger partial charge in [-0.25, -0.2) is 4.98 Å². The van der Waals surface area contributed by atoms with Crippen molar-refractivity contribution in [2.75, 3.05) is 26.1 Å². The fourth-order valence-corrected chi connectivity index (χ4v) is 5.34. The van der Waals surface area contributed by atoms with E-state index in [2.05, 4.69) is 23.3 Å². The average Bonchev–Trinajstić information content (AvgIpc) is 3.34. The summed E-state index contributed by atoms with van der Waals surface area (Å²) in [6.45, 7) is 2.16. The first-order valence-corrected chi connectivity index (χ1v) is 12.6. The predicted molar refractivity (Wildman–Crippen MR) is 135 cm³/mol. The predicted octanol–water partition coefficient (Wildman–Crippen LogP) is 4.40. The van der Waals surface area contributed by atoms with Crippen molar-refractivity contribution < 1.29 is 14.3 Å². The number of fused-ring (bicyclic) bond motifs is 2. The maximum absolute atomic E-state index is 12.6. The van der Waals surface area contributed by atoms with Crippen LogP contribution in [0.4, 0.5) is 0 Å². The van der Waals surface area contributed by atoms with Gasteiger partial charge in [-0.3, -0.25) is 4.79 Å². The van der Waals surface area contributed by atoms with Gasteiger partial charge in [-0.1, -0.05) is 47.6 Å². The van der Waals surface area contributed by atoms with E-state index in [4.69, 9.17) is 26.1 Å². The third kappa shape index (κ3) is 4.94. The van der Waals surface area contributed by atoms with Crippen LogP contribution in [0.5, 0.6) is 11.5 Å². The monoisotopic (exact) mass is 506 g/mol. The molecule has 2 aliphatic rings. The van der Waals surface area contributed by atoms with Gasteiger partial charge < -0.3 is 19.7 Å². The number of hydrogen-bond donors (Lipinski definition) is 1. The number of benzene rings is 2. The number of nitrogens with one attached hydrogen (secondary N) is 1. The number of ether oxygens (including phenoxy) is 2. The van der Waals surface area contributed by atoms with Gasteiger partial charge >= 0.3 is 0 Å². The molecule has 1 amide bonds. The highest BCUT2D eigenvalue weighted by molar-refractivity contribution is 8.00. The highest BCUT2D eigenvalue weighted by atomic mass is 35.5. The largest absolute Gasteiger partial charge is 0.454 e. The minimum atomic E-state index is -0.143. The van der Waals surface area contributed by atoms with Crippen LogP contribution in [-0.4, -0.2) is 41.9 Å². The van der Waals surface area contributed by atoms with Crippen LogP contribution in [-0.2, 0) is 24.3 Å². The molecular formula is C26H23ClN4O3S. The molecule has 35 heavy (non-hydrogen) atoms. The van der Waals surface area contributed by atoms with Crippen LogP contribution in [0, 0.1) is 11.3 Å². The number of halogens is 1. The zero-order valence-corrected chi connectivity index (χ0v) is 20.7. The molecule has 2 aliphatic heterocycles. The van der Waals surface area contributed by atoms with Gasteiger partial charge in [0.15, 0.2) is 11.5 Å². The van der Waals surface area contributed by atoms with Crippen molar-refractivity contribution in [1.82, 2.24) is 15.2 Å². The molecule has 0 spiro atoms. The summed E-state index contributed by atoms with van der Waals surface area (Å²) in [6, 6.07) is 15.5. The summed E-state index contributed by atoms with van der Waals surface area (Å²) in [4.78, 5) is 19.7. The van der Waals surface area contributed by atoms with E-state index in [0.29, 0.717) is 40.2 Å². The number of likely N-dealkylation sites (N-methyl/N-ethyl adjacent to an activating group) is 1. The Morgan fingerprint density at radius 1 is 1.26 bits per heavy atom. The molecule has 1 aromatic heterocycles. The van der Waals surface area contributed by atoms with Crippen molar-refractivity contribution in [3.8, 4) is 28.7 Å². The molecule has 5 rings (SSSR count). The number of rotatable bonds is 6. The smallest absolute Gasteiger partial charge is 0.231 e. The van der Waals surface area contributed by atoms with Gasteiger partial charge in [0.25, 0.3) is 0 Å². The molecule has 0 atom stereocenters. The second-order valence-corrected chi connectivity index (χ2v) is 9.80. The van der Waals surface area contributed by atoms with E-state index in [1.165, 1.54) is 11.8 Å². The summed E-state index contributed by atoms with van der Waals surface area (Å²) in [7, 11) is 2.05. The lowest BCUT2D eigenvalue weighted by Gasteiger charge is -2.28. The molecule has 0 radical (unpaired) electrons. The van der Waals surface area contributed by atoms with Gasteiger partial charge in [0.05, 0.1) is 11.3 Å². The minimum absolute atomic E-state index is 0.143. The molecule has 7 nitrogen and oxygen atoms in total. The summed E-state index contributed by atoms with van der Waals surface area (Å²) in [5, 5.41) is 14.2. The third-order valence-corrected chi connectivity index (χ3v) is 7.34. The molecule has 0 saturated carbocycles. The van der Waals surface area contributed by atoms with Gasteiger partial charge in [-0.05, 0) is 36.4 Å². The summed E-state index contributed by atoms with van der Waals surface area (Å²) in [5.41, 5.74) is 5.00. The molecule has 1 N–H and O–H groups in total. The number of thioether (sulfide) groups is 1. The van der Waals surface area contributed by atoms with E-state index in [1.54, 1.807) is 0 Å². The summed E-state index contributed by atoms with van der Waals surface area (Å²) in [6.07, 6.45) is 0.777. The summed E-state index contributed by atoms with van der Waals surface area (Å²) >= 11 is 7.83. The molecular weight excluding hydrogens is 484 g/mol. The van der Waals surface area contributed by atoms with Crippen molar-refractivity contribution in [1.29, 1.82) is 5.26 Å². The number of nitrogens with zero attached hydrogens (tertiary/aromatic N) is 3. The van der Waals surface area contributed by atoms with Crippen molar-refractivity contribution in [2.24, 2.45) is 0 Å². The van der Waals surface area contributed by atoms with E-state index in [0.717, 1.165) is 40.9 Å². The Hall–Kier alpha value is -3.25. The first kappa shape index (κ1) is 23.5.